The zero-order chi connectivity index (χ0) is 16.4. The summed E-state index contributed by atoms with van der Waals surface area (Å²) in [5.41, 5.74) is 0. The lowest BCUT2D eigenvalue weighted by molar-refractivity contribution is -0.136. The highest BCUT2D eigenvalue weighted by atomic mass is 32.2. The van der Waals surface area contributed by atoms with Crippen LogP contribution in [0, 0.1) is 11.8 Å². The van der Waals surface area contributed by atoms with Crippen molar-refractivity contribution in [1.82, 2.24) is 9.21 Å². The SMILES string of the molecule is C[C@@H](C(=O)N1CCCC1)C1CCN(S(=O)(=O)c2cccs2)CC1. The number of hydrogen-bond acceptors (Lipinski definition) is 4. The molecule has 3 heterocycles. The predicted octanol–water partition coefficient (Wildman–Crippen LogP) is 2.41. The van der Waals surface area contributed by atoms with Crippen LogP contribution in [0.25, 0.3) is 0 Å². The Morgan fingerprint density at radius 3 is 2.43 bits per heavy atom. The molecule has 23 heavy (non-hydrogen) atoms. The molecular weight excluding hydrogens is 332 g/mol. The molecule has 0 saturated carbocycles. The van der Waals surface area contributed by atoms with Gasteiger partial charge in [0.25, 0.3) is 10.0 Å². The van der Waals surface area contributed by atoms with Crippen LogP contribution in [-0.4, -0.2) is 49.7 Å². The Kier molecular flexibility index (Phi) is 5.08. The minimum atomic E-state index is -3.35. The molecule has 1 amide bonds. The fourth-order valence-electron chi connectivity index (χ4n) is 3.58. The van der Waals surface area contributed by atoms with E-state index in [1.807, 2.05) is 11.8 Å². The van der Waals surface area contributed by atoms with Crippen LogP contribution in [0.2, 0.25) is 0 Å². The molecule has 2 fully saturated rings. The van der Waals surface area contributed by atoms with Gasteiger partial charge in [-0.3, -0.25) is 4.79 Å². The summed E-state index contributed by atoms with van der Waals surface area (Å²) in [7, 11) is -3.35. The van der Waals surface area contributed by atoms with Gasteiger partial charge in [-0.15, -0.1) is 11.3 Å². The number of rotatable bonds is 4. The summed E-state index contributed by atoms with van der Waals surface area (Å²) in [6.45, 7) is 4.81. The van der Waals surface area contributed by atoms with Crippen molar-refractivity contribution in [2.24, 2.45) is 11.8 Å². The minimum absolute atomic E-state index is 0.000285. The van der Waals surface area contributed by atoms with Crippen molar-refractivity contribution in [2.75, 3.05) is 26.2 Å². The molecule has 3 rings (SSSR count). The van der Waals surface area contributed by atoms with Crippen LogP contribution < -0.4 is 0 Å². The van der Waals surface area contributed by atoms with Gasteiger partial charge < -0.3 is 4.90 Å². The first-order chi connectivity index (χ1) is 11.0. The first kappa shape index (κ1) is 16.9. The van der Waals surface area contributed by atoms with Gasteiger partial charge in [-0.2, -0.15) is 4.31 Å². The Bertz CT molecular complexity index is 628. The molecular formula is C16H24N2O3S2. The lowest BCUT2D eigenvalue weighted by Gasteiger charge is -2.34. The summed E-state index contributed by atoms with van der Waals surface area (Å²) in [5.74, 6) is 0.541. The van der Waals surface area contributed by atoms with Gasteiger partial charge in [0.1, 0.15) is 4.21 Å². The molecule has 0 radical (unpaired) electrons. The molecule has 0 aliphatic carbocycles. The quantitative estimate of drug-likeness (QED) is 0.832. The molecule has 1 atom stereocenters. The van der Waals surface area contributed by atoms with E-state index in [-0.39, 0.29) is 17.7 Å². The highest BCUT2D eigenvalue weighted by Crippen LogP contribution is 2.31. The zero-order valence-corrected chi connectivity index (χ0v) is 15.1. The molecule has 128 valence electrons. The maximum absolute atomic E-state index is 12.5. The van der Waals surface area contributed by atoms with E-state index in [0.29, 0.717) is 17.3 Å². The van der Waals surface area contributed by atoms with Gasteiger partial charge in [0.2, 0.25) is 5.91 Å². The number of carbonyl (C=O) groups is 1. The van der Waals surface area contributed by atoms with Gasteiger partial charge in [-0.25, -0.2) is 8.42 Å². The number of sulfonamides is 1. The van der Waals surface area contributed by atoms with E-state index < -0.39 is 10.0 Å². The average Bonchev–Trinajstić information content (AvgIpc) is 3.26. The Hall–Kier alpha value is -0.920. The van der Waals surface area contributed by atoms with E-state index in [2.05, 4.69) is 0 Å². The summed E-state index contributed by atoms with van der Waals surface area (Å²) < 4.78 is 27.0. The molecule has 0 spiro atoms. The third-order valence-corrected chi connectivity index (χ3v) is 8.37. The maximum Gasteiger partial charge on any atom is 0.252 e. The van der Waals surface area contributed by atoms with E-state index in [1.54, 1.807) is 21.8 Å². The third-order valence-electron chi connectivity index (χ3n) is 5.10. The number of likely N-dealkylation sites (tertiary alicyclic amines) is 1. The van der Waals surface area contributed by atoms with Crippen LogP contribution >= 0.6 is 11.3 Å². The molecule has 2 aliphatic rings. The Balaban J connectivity index is 1.59. The fraction of sp³-hybridized carbons (Fsp3) is 0.688. The predicted molar refractivity (Wildman–Crippen MR) is 90.8 cm³/mol. The summed E-state index contributed by atoms with van der Waals surface area (Å²) in [6, 6.07) is 3.42. The van der Waals surface area contributed by atoms with Crippen molar-refractivity contribution in [3.05, 3.63) is 17.5 Å². The second-order valence-electron chi connectivity index (χ2n) is 6.49. The topological polar surface area (TPSA) is 57.7 Å². The summed E-state index contributed by atoms with van der Waals surface area (Å²) in [4.78, 5) is 14.5. The molecule has 2 saturated heterocycles. The Morgan fingerprint density at radius 1 is 1.22 bits per heavy atom. The van der Waals surface area contributed by atoms with Crippen molar-refractivity contribution in [1.29, 1.82) is 0 Å². The van der Waals surface area contributed by atoms with E-state index in [4.69, 9.17) is 0 Å². The van der Waals surface area contributed by atoms with Gasteiger partial charge in [0.05, 0.1) is 0 Å². The highest BCUT2D eigenvalue weighted by Gasteiger charge is 2.35. The van der Waals surface area contributed by atoms with Crippen molar-refractivity contribution < 1.29 is 13.2 Å². The molecule has 0 aromatic carbocycles. The lowest BCUT2D eigenvalue weighted by atomic mass is 9.85. The molecule has 7 heteroatoms. The normalized spacial score (nSPS) is 22.4. The van der Waals surface area contributed by atoms with E-state index >= 15 is 0 Å². The average molecular weight is 357 g/mol. The zero-order valence-electron chi connectivity index (χ0n) is 13.5. The van der Waals surface area contributed by atoms with Gasteiger partial charge in [0, 0.05) is 32.1 Å². The van der Waals surface area contributed by atoms with Gasteiger partial charge in [-0.05, 0) is 43.0 Å². The second-order valence-corrected chi connectivity index (χ2v) is 9.61. The van der Waals surface area contributed by atoms with Crippen molar-refractivity contribution in [2.45, 2.75) is 36.8 Å². The van der Waals surface area contributed by atoms with Crippen LogP contribution in [0.1, 0.15) is 32.6 Å². The van der Waals surface area contributed by atoms with Crippen LogP contribution in [0.4, 0.5) is 0 Å². The lowest BCUT2D eigenvalue weighted by Crippen LogP contribution is -2.43. The van der Waals surface area contributed by atoms with E-state index in [1.165, 1.54) is 11.3 Å². The van der Waals surface area contributed by atoms with Gasteiger partial charge in [0.15, 0.2) is 0 Å². The molecule has 0 unspecified atom stereocenters. The molecule has 2 aliphatic heterocycles. The Morgan fingerprint density at radius 2 is 1.87 bits per heavy atom. The molecule has 0 bridgehead atoms. The standard InChI is InChI=1S/C16H24N2O3S2/c1-13(16(19)17-8-2-3-9-17)14-6-10-18(11-7-14)23(20,21)15-5-4-12-22-15/h4-5,12-14H,2-3,6-11H2,1H3/t13-/m1/s1. The highest BCUT2D eigenvalue weighted by molar-refractivity contribution is 7.91. The molecule has 0 N–H and O–H groups in total. The first-order valence-corrected chi connectivity index (χ1v) is 10.6. The second kappa shape index (κ2) is 6.91. The van der Waals surface area contributed by atoms with Gasteiger partial charge in [-0.1, -0.05) is 13.0 Å². The van der Waals surface area contributed by atoms with Gasteiger partial charge >= 0.3 is 0 Å². The van der Waals surface area contributed by atoms with Crippen molar-refractivity contribution in [3.8, 4) is 0 Å². The van der Waals surface area contributed by atoms with Crippen molar-refractivity contribution in [3.63, 3.8) is 0 Å². The molecule has 1 aromatic rings. The minimum Gasteiger partial charge on any atom is -0.342 e. The number of hydrogen-bond donors (Lipinski definition) is 0. The number of amides is 1. The smallest absolute Gasteiger partial charge is 0.252 e. The summed E-state index contributed by atoms with van der Waals surface area (Å²) in [6.07, 6.45) is 3.75. The fourth-order valence-corrected chi connectivity index (χ4v) is 6.20. The number of nitrogens with zero attached hydrogens (tertiary/aromatic N) is 2. The summed E-state index contributed by atoms with van der Waals surface area (Å²) >= 11 is 1.26. The van der Waals surface area contributed by atoms with Crippen molar-refractivity contribution >= 4 is 27.3 Å². The first-order valence-electron chi connectivity index (χ1n) is 8.32. The number of thiophene rings is 1. The monoisotopic (exact) mass is 356 g/mol. The maximum atomic E-state index is 12.5. The molecule has 5 nitrogen and oxygen atoms in total. The van der Waals surface area contributed by atoms with Crippen LogP contribution in [0.3, 0.4) is 0 Å². The summed E-state index contributed by atoms with van der Waals surface area (Å²) in [5, 5.41) is 1.79. The third kappa shape index (κ3) is 3.46. The number of carbonyl (C=O) groups excluding carboxylic acids is 1. The van der Waals surface area contributed by atoms with E-state index in [0.717, 1.165) is 38.8 Å². The number of piperidine rings is 1. The largest absolute Gasteiger partial charge is 0.342 e. The van der Waals surface area contributed by atoms with Crippen LogP contribution in [0.15, 0.2) is 21.7 Å². The molecule has 1 aromatic heterocycles. The van der Waals surface area contributed by atoms with Crippen LogP contribution in [-0.2, 0) is 14.8 Å². The van der Waals surface area contributed by atoms with Crippen LogP contribution in [0.5, 0.6) is 0 Å². The van der Waals surface area contributed by atoms with E-state index in [9.17, 15) is 13.2 Å². The Labute approximate surface area is 142 Å².